The van der Waals surface area contributed by atoms with E-state index in [1.807, 2.05) is 24.3 Å². The Kier molecular flexibility index (Phi) is 6.46. The number of carbonyl (C=O) groups excluding carboxylic acids is 1. The maximum atomic E-state index is 12.1. The summed E-state index contributed by atoms with van der Waals surface area (Å²) in [5, 5.41) is 10.8. The van der Waals surface area contributed by atoms with Crippen LogP contribution in [0.2, 0.25) is 0 Å². The van der Waals surface area contributed by atoms with Gasteiger partial charge in [-0.2, -0.15) is 0 Å². The van der Waals surface area contributed by atoms with E-state index >= 15 is 0 Å². The monoisotopic (exact) mass is 339 g/mol. The van der Waals surface area contributed by atoms with E-state index in [0.717, 1.165) is 17.7 Å². The molecule has 0 N–H and O–H groups in total. The van der Waals surface area contributed by atoms with Crippen molar-refractivity contribution in [2.75, 3.05) is 6.61 Å². The lowest BCUT2D eigenvalue weighted by atomic mass is 10.1. The third kappa shape index (κ3) is 5.88. The molecule has 0 fully saturated rings. The molecule has 2 aromatic carbocycles. The van der Waals surface area contributed by atoms with E-state index in [0.29, 0.717) is 18.1 Å². The van der Waals surface area contributed by atoms with Gasteiger partial charge in [0.15, 0.2) is 5.78 Å². The second kappa shape index (κ2) is 8.78. The number of ether oxygens (including phenoxy) is 1. The molecule has 0 aliphatic rings. The van der Waals surface area contributed by atoms with Gasteiger partial charge < -0.3 is 4.74 Å². The number of nitro groups is 1. The van der Waals surface area contributed by atoms with Crippen LogP contribution in [-0.2, 0) is 0 Å². The van der Waals surface area contributed by atoms with Crippen LogP contribution in [0.25, 0.3) is 6.08 Å². The molecule has 25 heavy (non-hydrogen) atoms. The lowest BCUT2D eigenvalue weighted by Crippen LogP contribution is -2.01. The van der Waals surface area contributed by atoms with Crippen LogP contribution in [0.1, 0.15) is 36.2 Å². The first-order valence-corrected chi connectivity index (χ1v) is 8.15. The van der Waals surface area contributed by atoms with Gasteiger partial charge in [0, 0.05) is 17.7 Å². The number of hydrogen-bond acceptors (Lipinski definition) is 4. The number of nitro benzene ring substituents is 1. The van der Waals surface area contributed by atoms with Gasteiger partial charge in [-0.15, -0.1) is 0 Å². The highest BCUT2D eigenvalue weighted by Gasteiger charge is 2.09. The smallest absolute Gasteiger partial charge is 0.270 e. The minimum absolute atomic E-state index is 0.0952. The molecule has 0 amide bonds. The molecular weight excluding hydrogens is 318 g/mol. The summed E-state index contributed by atoms with van der Waals surface area (Å²) >= 11 is 0. The van der Waals surface area contributed by atoms with Gasteiger partial charge in [0.2, 0.25) is 0 Å². The van der Waals surface area contributed by atoms with Gasteiger partial charge in [-0.1, -0.05) is 44.2 Å². The van der Waals surface area contributed by atoms with Gasteiger partial charge in [-0.25, -0.2) is 0 Å². The van der Waals surface area contributed by atoms with E-state index in [-0.39, 0.29) is 11.5 Å². The average Bonchev–Trinajstić information content (AvgIpc) is 2.60. The Labute approximate surface area is 147 Å². The van der Waals surface area contributed by atoms with Crippen LogP contribution in [0.15, 0.2) is 54.6 Å². The molecule has 130 valence electrons. The highest BCUT2D eigenvalue weighted by Crippen LogP contribution is 2.16. The first kappa shape index (κ1) is 18.4. The highest BCUT2D eigenvalue weighted by atomic mass is 16.6. The highest BCUT2D eigenvalue weighted by molar-refractivity contribution is 6.07. The first-order chi connectivity index (χ1) is 12.0. The molecule has 5 nitrogen and oxygen atoms in total. The summed E-state index contributed by atoms with van der Waals surface area (Å²) in [5.41, 5.74) is 1.05. The lowest BCUT2D eigenvalue weighted by Gasteiger charge is -2.08. The van der Waals surface area contributed by atoms with Crippen molar-refractivity contribution in [3.8, 4) is 5.75 Å². The molecule has 2 rings (SSSR count). The summed E-state index contributed by atoms with van der Waals surface area (Å²) in [6.07, 6.45) is 4.09. The zero-order valence-corrected chi connectivity index (χ0v) is 14.3. The Balaban J connectivity index is 1.98. The summed E-state index contributed by atoms with van der Waals surface area (Å²) in [6, 6.07) is 13.1. The number of hydrogen-bond donors (Lipinski definition) is 0. The zero-order chi connectivity index (χ0) is 18.2. The minimum Gasteiger partial charge on any atom is -0.494 e. The largest absolute Gasteiger partial charge is 0.494 e. The van der Waals surface area contributed by atoms with Crippen molar-refractivity contribution in [3.05, 3.63) is 75.8 Å². The molecule has 0 bridgehead atoms. The first-order valence-electron chi connectivity index (χ1n) is 8.15. The SMILES string of the molecule is CC(C)CCOc1ccc(/C=C/C(=O)c2cccc([N+](=O)[O-])c2)cc1. The predicted molar refractivity (Wildman–Crippen MR) is 97.9 cm³/mol. The molecule has 0 aromatic heterocycles. The van der Waals surface area contributed by atoms with E-state index in [4.69, 9.17) is 4.74 Å². The van der Waals surface area contributed by atoms with Crippen LogP contribution in [0.5, 0.6) is 5.75 Å². The number of carbonyl (C=O) groups is 1. The van der Waals surface area contributed by atoms with Crippen molar-refractivity contribution in [2.24, 2.45) is 5.92 Å². The van der Waals surface area contributed by atoms with Crippen LogP contribution in [0.4, 0.5) is 5.69 Å². The molecule has 0 atom stereocenters. The maximum Gasteiger partial charge on any atom is 0.270 e. The van der Waals surface area contributed by atoms with Crippen LogP contribution in [-0.4, -0.2) is 17.3 Å². The van der Waals surface area contributed by atoms with Crippen molar-refractivity contribution in [2.45, 2.75) is 20.3 Å². The number of allylic oxidation sites excluding steroid dienone is 1. The Morgan fingerprint density at radius 1 is 1.20 bits per heavy atom. The molecule has 0 unspecified atom stereocenters. The molecule has 2 aromatic rings. The topological polar surface area (TPSA) is 69.4 Å². The van der Waals surface area contributed by atoms with Gasteiger partial charge in [0.1, 0.15) is 5.75 Å². The molecule has 5 heteroatoms. The second-order valence-corrected chi connectivity index (χ2v) is 6.11. The Morgan fingerprint density at radius 2 is 1.92 bits per heavy atom. The van der Waals surface area contributed by atoms with E-state index in [2.05, 4.69) is 13.8 Å². The summed E-state index contributed by atoms with van der Waals surface area (Å²) in [7, 11) is 0. The molecule has 0 saturated carbocycles. The third-order valence-electron chi connectivity index (χ3n) is 3.61. The van der Waals surface area contributed by atoms with E-state index < -0.39 is 4.92 Å². The fourth-order valence-electron chi connectivity index (χ4n) is 2.13. The minimum atomic E-state index is -0.515. The number of ketones is 1. The summed E-state index contributed by atoms with van der Waals surface area (Å²) in [4.78, 5) is 22.4. The number of rotatable bonds is 8. The molecule has 0 saturated heterocycles. The fraction of sp³-hybridized carbons (Fsp3) is 0.250. The Hall–Kier alpha value is -2.95. The van der Waals surface area contributed by atoms with Crippen molar-refractivity contribution in [1.82, 2.24) is 0 Å². The predicted octanol–water partition coefficient (Wildman–Crippen LogP) is 4.92. The standard InChI is InChI=1S/C20H21NO4/c1-15(2)12-13-25-19-9-6-16(7-10-19)8-11-20(22)17-4-3-5-18(14-17)21(23)24/h3-11,14-15H,12-13H2,1-2H3/b11-8+. The lowest BCUT2D eigenvalue weighted by molar-refractivity contribution is -0.384. The summed E-state index contributed by atoms with van der Waals surface area (Å²) in [5.74, 6) is 1.12. The fourth-order valence-corrected chi connectivity index (χ4v) is 2.13. The van der Waals surface area contributed by atoms with Crippen LogP contribution < -0.4 is 4.74 Å². The maximum absolute atomic E-state index is 12.1. The molecule has 0 spiro atoms. The number of non-ortho nitro benzene ring substituents is 1. The van der Waals surface area contributed by atoms with Crippen LogP contribution in [0.3, 0.4) is 0 Å². The third-order valence-corrected chi connectivity index (χ3v) is 3.61. The van der Waals surface area contributed by atoms with Gasteiger partial charge in [-0.05, 0) is 36.1 Å². The normalized spacial score (nSPS) is 11.0. The van der Waals surface area contributed by atoms with Crippen molar-refractivity contribution in [1.29, 1.82) is 0 Å². The van der Waals surface area contributed by atoms with Crippen LogP contribution in [0, 0.1) is 16.0 Å². The van der Waals surface area contributed by atoms with Gasteiger partial charge >= 0.3 is 0 Å². The van der Waals surface area contributed by atoms with Gasteiger partial charge in [0.25, 0.3) is 5.69 Å². The molecule has 0 aliphatic heterocycles. The Morgan fingerprint density at radius 3 is 2.56 bits per heavy atom. The molecule has 0 aliphatic carbocycles. The molecular formula is C20H21NO4. The van der Waals surface area contributed by atoms with Gasteiger partial charge in [-0.3, -0.25) is 14.9 Å². The van der Waals surface area contributed by atoms with E-state index in [1.165, 1.54) is 24.3 Å². The van der Waals surface area contributed by atoms with Crippen molar-refractivity contribution >= 4 is 17.5 Å². The Bertz CT molecular complexity index is 764. The number of nitrogens with zero attached hydrogens (tertiary/aromatic N) is 1. The second-order valence-electron chi connectivity index (χ2n) is 6.11. The van der Waals surface area contributed by atoms with Crippen molar-refractivity contribution in [3.63, 3.8) is 0 Å². The quantitative estimate of drug-likeness (QED) is 0.296. The average molecular weight is 339 g/mol. The summed E-state index contributed by atoms with van der Waals surface area (Å²) in [6.45, 7) is 4.98. The molecule has 0 radical (unpaired) electrons. The molecule has 0 heterocycles. The van der Waals surface area contributed by atoms with Crippen LogP contribution >= 0.6 is 0 Å². The van der Waals surface area contributed by atoms with Crippen molar-refractivity contribution < 1.29 is 14.5 Å². The van der Waals surface area contributed by atoms with E-state index in [1.54, 1.807) is 12.1 Å². The summed E-state index contributed by atoms with van der Waals surface area (Å²) < 4.78 is 5.65. The van der Waals surface area contributed by atoms with Gasteiger partial charge in [0.05, 0.1) is 11.5 Å². The number of benzene rings is 2. The zero-order valence-electron chi connectivity index (χ0n) is 14.3. The van der Waals surface area contributed by atoms with E-state index in [9.17, 15) is 14.9 Å².